The van der Waals surface area contributed by atoms with Crippen molar-refractivity contribution in [1.29, 1.82) is 0 Å². The van der Waals surface area contributed by atoms with Crippen molar-refractivity contribution in [3.63, 3.8) is 0 Å². The number of nitrogens with zero attached hydrogens (tertiary/aromatic N) is 1. The third kappa shape index (κ3) is 2.07. The maximum absolute atomic E-state index is 9.38. The first-order valence-electron chi connectivity index (χ1n) is 5.04. The number of hydrogen-bond donors (Lipinski definition) is 2. The van der Waals surface area contributed by atoms with Gasteiger partial charge in [0.1, 0.15) is 0 Å². The molecule has 1 aromatic rings. The van der Waals surface area contributed by atoms with Gasteiger partial charge in [-0.1, -0.05) is 0 Å². The highest BCUT2D eigenvalue weighted by Crippen LogP contribution is 2.26. The van der Waals surface area contributed by atoms with Crippen LogP contribution in [0.5, 0.6) is 0 Å². The normalized spacial score (nSPS) is 26.8. The molecule has 0 spiro atoms. The van der Waals surface area contributed by atoms with Gasteiger partial charge >= 0.3 is 0 Å². The van der Waals surface area contributed by atoms with Gasteiger partial charge in [-0.15, -0.1) is 11.3 Å². The number of hydrogen-bond acceptors (Lipinski definition) is 4. The summed E-state index contributed by atoms with van der Waals surface area (Å²) >= 11 is 1.70. The Labute approximate surface area is 88.2 Å². The number of thiazole rings is 1. The molecule has 1 saturated carbocycles. The van der Waals surface area contributed by atoms with Crippen molar-refractivity contribution >= 4 is 16.5 Å². The van der Waals surface area contributed by atoms with Crippen LogP contribution in [0, 0.1) is 13.8 Å². The van der Waals surface area contributed by atoms with Crippen molar-refractivity contribution in [3.05, 3.63) is 10.6 Å². The van der Waals surface area contributed by atoms with E-state index < -0.39 is 0 Å². The van der Waals surface area contributed by atoms with Gasteiger partial charge in [-0.05, 0) is 33.1 Å². The first kappa shape index (κ1) is 9.93. The highest BCUT2D eigenvalue weighted by atomic mass is 32.1. The van der Waals surface area contributed by atoms with Crippen LogP contribution < -0.4 is 5.32 Å². The van der Waals surface area contributed by atoms with E-state index in [2.05, 4.69) is 17.2 Å². The maximum atomic E-state index is 9.38. The fourth-order valence-corrected chi connectivity index (χ4v) is 2.69. The molecule has 1 aliphatic rings. The predicted molar refractivity (Wildman–Crippen MR) is 58.9 cm³/mol. The first-order chi connectivity index (χ1) is 6.65. The molecule has 14 heavy (non-hydrogen) atoms. The van der Waals surface area contributed by atoms with Crippen LogP contribution in [0.4, 0.5) is 5.13 Å². The minimum absolute atomic E-state index is 0.116. The number of nitrogens with one attached hydrogen (secondary N) is 1. The highest BCUT2D eigenvalue weighted by Gasteiger charge is 2.23. The third-order valence-corrected chi connectivity index (χ3v) is 3.77. The fraction of sp³-hybridized carbons (Fsp3) is 0.700. The minimum Gasteiger partial charge on any atom is -0.393 e. The highest BCUT2D eigenvalue weighted by molar-refractivity contribution is 7.15. The van der Waals surface area contributed by atoms with E-state index >= 15 is 0 Å². The summed E-state index contributed by atoms with van der Waals surface area (Å²) in [5.74, 6) is 0. The standard InChI is InChI=1S/C10H16N2OS/c1-6-7(2)14-10(11-6)12-8-3-4-9(13)5-8/h8-9,13H,3-5H2,1-2H3,(H,11,12)/t8-,9+/m0/s1. The lowest BCUT2D eigenvalue weighted by atomic mass is 10.2. The van der Waals surface area contributed by atoms with Crippen LogP contribution in [-0.2, 0) is 0 Å². The molecule has 2 rings (SSSR count). The van der Waals surface area contributed by atoms with Crippen LogP contribution >= 0.6 is 11.3 Å². The van der Waals surface area contributed by atoms with Crippen molar-refractivity contribution < 1.29 is 5.11 Å². The van der Waals surface area contributed by atoms with E-state index in [1.807, 2.05) is 6.92 Å². The van der Waals surface area contributed by atoms with E-state index in [-0.39, 0.29) is 6.10 Å². The molecule has 2 atom stereocenters. The summed E-state index contributed by atoms with van der Waals surface area (Å²) in [5, 5.41) is 13.8. The third-order valence-electron chi connectivity index (χ3n) is 2.76. The van der Waals surface area contributed by atoms with E-state index in [1.54, 1.807) is 11.3 Å². The largest absolute Gasteiger partial charge is 0.393 e. The van der Waals surface area contributed by atoms with Crippen molar-refractivity contribution in [2.24, 2.45) is 0 Å². The predicted octanol–water partition coefficient (Wildman–Crippen LogP) is 2.09. The SMILES string of the molecule is Cc1nc(N[C@H]2CC[C@@H](O)C2)sc1C. The number of aliphatic hydroxyl groups excluding tert-OH is 1. The van der Waals surface area contributed by atoms with Gasteiger partial charge in [0.25, 0.3) is 0 Å². The molecule has 0 unspecified atom stereocenters. The van der Waals surface area contributed by atoms with Crippen molar-refractivity contribution in [2.45, 2.75) is 45.3 Å². The molecule has 0 radical (unpaired) electrons. The molecule has 1 heterocycles. The van der Waals surface area contributed by atoms with Gasteiger partial charge < -0.3 is 10.4 Å². The monoisotopic (exact) mass is 212 g/mol. The maximum Gasteiger partial charge on any atom is 0.183 e. The molecule has 1 aliphatic carbocycles. The Kier molecular flexibility index (Phi) is 2.74. The number of aryl methyl sites for hydroxylation is 2. The Morgan fingerprint density at radius 2 is 2.21 bits per heavy atom. The second kappa shape index (κ2) is 3.87. The van der Waals surface area contributed by atoms with Crippen molar-refractivity contribution in [1.82, 2.24) is 4.98 Å². The summed E-state index contributed by atoms with van der Waals surface area (Å²) in [4.78, 5) is 5.69. The van der Waals surface area contributed by atoms with E-state index in [4.69, 9.17) is 0 Å². The van der Waals surface area contributed by atoms with Crippen LogP contribution in [0.3, 0.4) is 0 Å². The lowest BCUT2D eigenvalue weighted by Gasteiger charge is -2.09. The van der Waals surface area contributed by atoms with Gasteiger partial charge in [0.2, 0.25) is 0 Å². The summed E-state index contributed by atoms with van der Waals surface area (Å²) in [7, 11) is 0. The van der Waals surface area contributed by atoms with Crippen LogP contribution in [-0.4, -0.2) is 22.2 Å². The molecule has 1 fully saturated rings. The number of aromatic nitrogens is 1. The van der Waals surface area contributed by atoms with Gasteiger partial charge in [0.05, 0.1) is 11.8 Å². The zero-order chi connectivity index (χ0) is 10.1. The molecule has 78 valence electrons. The van der Waals surface area contributed by atoms with Crippen molar-refractivity contribution in [3.8, 4) is 0 Å². The fourth-order valence-electron chi connectivity index (χ4n) is 1.80. The Balaban J connectivity index is 1.97. The van der Waals surface area contributed by atoms with Crippen LogP contribution in [0.15, 0.2) is 0 Å². The van der Waals surface area contributed by atoms with E-state index in [1.165, 1.54) is 4.88 Å². The molecular formula is C10H16N2OS. The molecular weight excluding hydrogens is 196 g/mol. The smallest absolute Gasteiger partial charge is 0.183 e. The molecule has 0 saturated heterocycles. The summed E-state index contributed by atoms with van der Waals surface area (Å²) in [6.45, 7) is 4.11. The van der Waals surface area contributed by atoms with Gasteiger partial charge in [-0.2, -0.15) is 0 Å². The second-order valence-electron chi connectivity index (χ2n) is 3.97. The average molecular weight is 212 g/mol. The molecule has 0 bridgehead atoms. The summed E-state index contributed by atoms with van der Waals surface area (Å²) in [6.07, 6.45) is 2.71. The van der Waals surface area contributed by atoms with Gasteiger partial charge in [0.15, 0.2) is 5.13 Å². The zero-order valence-electron chi connectivity index (χ0n) is 8.58. The van der Waals surface area contributed by atoms with E-state index in [9.17, 15) is 5.11 Å². The Morgan fingerprint density at radius 3 is 2.71 bits per heavy atom. The van der Waals surface area contributed by atoms with E-state index in [0.29, 0.717) is 6.04 Å². The lowest BCUT2D eigenvalue weighted by Crippen LogP contribution is -2.16. The average Bonchev–Trinajstić information content (AvgIpc) is 2.62. The number of rotatable bonds is 2. The number of anilines is 1. The van der Waals surface area contributed by atoms with Crippen LogP contribution in [0.2, 0.25) is 0 Å². The molecule has 3 nitrogen and oxygen atoms in total. The van der Waals surface area contributed by atoms with E-state index in [0.717, 1.165) is 30.1 Å². The second-order valence-corrected chi connectivity index (χ2v) is 5.17. The molecule has 4 heteroatoms. The molecule has 0 aromatic carbocycles. The lowest BCUT2D eigenvalue weighted by molar-refractivity contribution is 0.182. The Bertz CT molecular complexity index is 304. The van der Waals surface area contributed by atoms with Gasteiger partial charge in [0, 0.05) is 10.9 Å². The Morgan fingerprint density at radius 1 is 1.43 bits per heavy atom. The zero-order valence-corrected chi connectivity index (χ0v) is 9.40. The summed E-state index contributed by atoms with van der Waals surface area (Å²) in [6, 6.07) is 0.412. The number of aliphatic hydroxyl groups is 1. The molecule has 0 aliphatic heterocycles. The summed E-state index contributed by atoms with van der Waals surface area (Å²) in [5.41, 5.74) is 1.11. The topological polar surface area (TPSA) is 45.2 Å². The molecule has 0 amide bonds. The first-order valence-corrected chi connectivity index (χ1v) is 5.85. The van der Waals surface area contributed by atoms with Crippen LogP contribution in [0.25, 0.3) is 0 Å². The Hall–Kier alpha value is -0.610. The van der Waals surface area contributed by atoms with Gasteiger partial charge in [-0.25, -0.2) is 4.98 Å². The quantitative estimate of drug-likeness (QED) is 0.789. The molecule has 2 N–H and O–H groups in total. The molecule has 1 aromatic heterocycles. The summed E-state index contributed by atoms with van der Waals surface area (Å²) < 4.78 is 0. The minimum atomic E-state index is -0.116. The van der Waals surface area contributed by atoms with Crippen molar-refractivity contribution in [2.75, 3.05) is 5.32 Å². The van der Waals surface area contributed by atoms with Gasteiger partial charge in [-0.3, -0.25) is 0 Å². The van der Waals surface area contributed by atoms with Crippen LogP contribution in [0.1, 0.15) is 29.8 Å².